The van der Waals surface area contributed by atoms with Crippen LogP contribution in [0.3, 0.4) is 0 Å². The summed E-state index contributed by atoms with van der Waals surface area (Å²) < 4.78 is 37.5. The predicted molar refractivity (Wildman–Crippen MR) is 330 cm³/mol. The van der Waals surface area contributed by atoms with Crippen molar-refractivity contribution in [2.75, 3.05) is 18.9 Å². The molecule has 0 saturated carbocycles. The number of aliphatic hydroxyl groups excluding tert-OH is 6. The van der Waals surface area contributed by atoms with Gasteiger partial charge in [-0.3, -0.25) is 9.59 Å². The van der Waals surface area contributed by atoms with Gasteiger partial charge >= 0.3 is 0 Å². The van der Waals surface area contributed by atoms with Crippen LogP contribution in [0.5, 0.6) is 0 Å². The maximum absolute atomic E-state index is 13.0. The molecule has 2 amide bonds. The lowest BCUT2D eigenvalue weighted by Crippen LogP contribution is -2.60. The number of benzene rings is 1. The van der Waals surface area contributed by atoms with Crippen LogP contribution in [0.15, 0.2) is 53.0 Å². The van der Waals surface area contributed by atoms with E-state index in [1.54, 1.807) is 6.08 Å². The first-order valence-corrected chi connectivity index (χ1v) is 33.9. The van der Waals surface area contributed by atoms with E-state index in [0.29, 0.717) is 24.9 Å². The van der Waals surface area contributed by atoms with Gasteiger partial charge in [-0.15, -0.1) is 0 Å². The predicted octanol–water partition coefficient (Wildman–Crippen LogP) is 12.9. The Hall–Kier alpha value is -2.93. The Morgan fingerprint density at radius 2 is 1.05 bits per heavy atom. The fraction of sp³-hybridized carbons (Fsp3) is 0.815. The number of nitrogens with one attached hydrogen (secondary N) is 2. The van der Waals surface area contributed by atoms with E-state index in [0.717, 1.165) is 51.4 Å². The number of anilines is 1. The third-order valence-electron chi connectivity index (χ3n) is 15.4. The third-order valence-corrected chi connectivity index (χ3v) is 16.8. The molecular formula is C65H119N3O12S. The molecule has 0 radical (unpaired) electrons. The smallest absolute Gasteiger partial charge is 0.264 e. The molecule has 16 heteroatoms. The molecule has 1 saturated heterocycles. The number of sulfonamides is 1. The summed E-state index contributed by atoms with van der Waals surface area (Å²) in [6.07, 6.45) is 41.2. The standard InChI is InChI=1S/C41H77NO9.C24H42N2O3S/c1-4-6-8-10-12-13-14-15-16-18-20-24-29-35(45)40(49)42-33(31-50-41-39(48)38(47)37(46)36(30-43)51-41)34(44)28-25-21-23-27-32(3)26-22-19-17-11-9-7-5-2;1-2-3-4-5-6-7-8-9-10-11-12-13-14-15-16-17-24(27)26-30(28,29)23-20-18-22(25)19-21-23/h25,27-28,33-39,41,43-48H,4-24,26,29-31H2,1-3H3,(H,42,49);18-21H,2-17,25H2,1H3,(H,26,27)/b28-25+,32-27+;/t33-,34+,35+,36+,37+,38-,39+,41+;/m0./s1. The fourth-order valence-corrected chi connectivity index (χ4v) is 11.1. The Balaban J connectivity index is 0.000000927. The molecule has 15 nitrogen and oxygen atoms in total. The molecule has 0 aliphatic carbocycles. The highest BCUT2D eigenvalue weighted by atomic mass is 32.2. The highest BCUT2D eigenvalue weighted by molar-refractivity contribution is 7.90. The highest BCUT2D eigenvalue weighted by Crippen LogP contribution is 2.23. The molecule has 0 aromatic heterocycles. The zero-order chi connectivity index (χ0) is 59.8. The van der Waals surface area contributed by atoms with Crippen molar-refractivity contribution in [3.63, 3.8) is 0 Å². The summed E-state index contributed by atoms with van der Waals surface area (Å²) in [5.74, 6) is -1.07. The van der Waals surface area contributed by atoms with E-state index in [4.69, 9.17) is 15.2 Å². The van der Waals surface area contributed by atoms with Crippen LogP contribution in [-0.2, 0) is 29.1 Å². The van der Waals surface area contributed by atoms with Gasteiger partial charge in [0.25, 0.3) is 10.0 Å². The molecule has 2 rings (SSSR count). The Morgan fingerprint density at radius 3 is 1.51 bits per heavy atom. The van der Waals surface area contributed by atoms with Gasteiger partial charge in [0.15, 0.2) is 6.29 Å². The van der Waals surface area contributed by atoms with Crippen LogP contribution in [0.2, 0.25) is 0 Å². The lowest BCUT2D eigenvalue weighted by atomic mass is 9.99. The Labute approximate surface area is 492 Å². The summed E-state index contributed by atoms with van der Waals surface area (Å²) in [6, 6.07) is 4.82. The molecular weight excluding hydrogens is 1050 g/mol. The topological polar surface area (TPSA) is 258 Å². The molecule has 0 unspecified atom stereocenters. The van der Waals surface area contributed by atoms with Crippen molar-refractivity contribution < 1.29 is 58.1 Å². The Morgan fingerprint density at radius 1 is 0.617 bits per heavy atom. The van der Waals surface area contributed by atoms with Crippen molar-refractivity contribution >= 4 is 27.5 Å². The van der Waals surface area contributed by atoms with Crippen molar-refractivity contribution in [3.05, 3.63) is 48.1 Å². The van der Waals surface area contributed by atoms with Gasteiger partial charge in [0.1, 0.15) is 30.5 Å². The molecule has 1 heterocycles. The highest BCUT2D eigenvalue weighted by Gasteiger charge is 2.44. The zero-order valence-electron chi connectivity index (χ0n) is 51.3. The van der Waals surface area contributed by atoms with Crippen molar-refractivity contribution in [2.24, 2.45) is 0 Å². The maximum Gasteiger partial charge on any atom is 0.264 e. The van der Waals surface area contributed by atoms with Gasteiger partial charge in [0, 0.05) is 12.1 Å². The number of amides is 2. The molecule has 1 aliphatic heterocycles. The monoisotopic (exact) mass is 1170 g/mol. The second-order valence-corrected chi connectivity index (χ2v) is 24.7. The minimum atomic E-state index is -3.80. The van der Waals surface area contributed by atoms with E-state index >= 15 is 0 Å². The summed E-state index contributed by atoms with van der Waals surface area (Å²) >= 11 is 0. The molecule has 10 N–H and O–H groups in total. The maximum atomic E-state index is 13.0. The van der Waals surface area contributed by atoms with Crippen LogP contribution in [0.4, 0.5) is 5.69 Å². The van der Waals surface area contributed by atoms with Crippen LogP contribution < -0.4 is 15.8 Å². The number of nitrogen functional groups attached to an aromatic ring is 1. The quantitative estimate of drug-likeness (QED) is 0.0167. The van der Waals surface area contributed by atoms with Crippen LogP contribution in [0, 0.1) is 0 Å². The number of nitrogens with two attached hydrogens (primary N) is 1. The molecule has 1 fully saturated rings. The summed E-state index contributed by atoms with van der Waals surface area (Å²) in [5.41, 5.74) is 7.40. The number of rotatable bonds is 50. The molecule has 1 aromatic carbocycles. The van der Waals surface area contributed by atoms with E-state index in [9.17, 15) is 48.6 Å². The molecule has 1 aliphatic rings. The first-order valence-electron chi connectivity index (χ1n) is 32.4. The van der Waals surface area contributed by atoms with E-state index in [-0.39, 0.29) is 17.9 Å². The van der Waals surface area contributed by atoms with Crippen LogP contribution in [-0.4, -0.2) is 113 Å². The molecule has 472 valence electrons. The number of hydrogen-bond donors (Lipinski definition) is 9. The summed E-state index contributed by atoms with van der Waals surface area (Å²) in [6.45, 7) is 7.96. The van der Waals surface area contributed by atoms with Gasteiger partial charge in [-0.1, -0.05) is 250 Å². The van der Waals surface area contributed by atoms with E-state index < -0.39 is 77.4 Å². The van der Waals surface area contributed by atoms with Gasteiger partial charge in [-0.2, -0.15) is 0 Å². The van der Waals surface area contributed by atoms with Crippen molar-refractivity contribution in [3.8, 4) is 0 Å². The lowest BCUT2D eigenvalue weighted by Gasteiger charge is -2.40. The second kappa shape index (κ2) is 50.4. The second-order valence-electron chi connectivity index (χ2n) is 23.1. The van der Waals surface area contributed by atoms with E-state index in [2.05, 4.69) is 43.8 Å². The number of ether oxygens (including phenoxy) is 2. The Bertz CT molecular complexity index is 1830. The summed E-state index contributed by atoms with van der Waals surface area (Å²) in [7, 11) is -3.80. The van der Waals surface area contributed by atoms with E-state index in [1.807, 2.05) is 6.08 Å². The molecule has 8 atom stereocenters. The van der Waals surface area contributed by atoms with Crippen molar-refractivity contribution in [1.29, 1.82) is 0 Å². The van der Waals surface area contributed by atoms with Gasteiger partial charge in [0.05, 0.1) is 30.3 Å². The van der Waals surface area contributed by atoms with Gasteiger partial charge in [0.2, 0.25) is 11.8 Å². The van der Waals surface area contributed by atoms with Crippen LogP contribution >= 0.6 is 0 Å². The zero-order valence-corrected chi connectivity index (χ0v) is 52.1. The molecule has 0 spiro atoms. The number of hydrogen-bond acceptors (Lipinski definition) is 13. The summed E-state index contributed by atoms with van der Waals surface area (Å²) in [4.78, 5) is 25.0. The minimum absolute atomic E-state index is 0.0570. The molecule has 0 bridgehead atoms. The Kier molecular flexibility index (Phi) is 47.3. The SMILES string of the molecule is CCCCCCCCCCCCCCCCCC(=O)NS(=O)(=O)c1ccc(N)cc1.CCCCCCCCCCCCCC[C@@H](O)C(=O)N[C@@H](CO[C@@H]1O[C@H](CO)[C@@H](O)[C@H](O)[C@H]1O)[C@H](O)/C=C/CC/C=C(\C)CCCCCCCCC. The van der Waals surface area contributed by atoms with Gasteiger partial charge in [-0.25, -0.2) is 13.1 Å². The first-order chi connectivity index (χ1) is 39.1. The average Bonchev–Trinajstić information content (AvgIpc) is 3.46. The van der Waals surface area contributed by atoms with E-state index in [1.165, 1.54) is 203 Å². The normalized spacial score (nSPS) is 18.8. The molecule has 1 aromatic rings. The summed E-state index contributed by atoms with van der Waals surface area (Å²) in [5, 5.41) is 64.5. The number of carbonyl (C=O) groups excluding carboxylic acids is 2. The average molecular weight is 1170 g/mol. The third kappa shape index (κ3) is 39.3. The number of allylic oxidation sites excluding steroid dienone is 3. The van der Waals surface area contributed by atoms with Gasteiger partial charge < -0.3 is 51.2 Å². The first kappa shape index (κ1) is 76.1. The number of carbonyl (C=O) groups is 2. The van der Waals surface area contributed by atoms with Crippen molar-refractivity contribution in [1.82, 2.24) is 10.0 Å². The lowest BCUT2D eigenvalue weighted by molar-refractivity contribution is -0.302. The van der Waals surface area contributed by atoms with Gasteiger partial charge in [-0.05, 0) is 69.7 Å². The fourth-order valence-electron chi connectivity index (χ4n) is 10.0. The minimum Gasteiger partial charge on any atom is -0.399 e. The molecule has 81 heavy (non-hydrogen) atoms. The number of unbranched alkanes of at least 4 members (excludes halogenated alkanes) is 32. The van der Waals surface area contributed by atoms with Crippen LogP contribution in [0.25, 0.3) is 0 Å². The van der Waals surface area contributed by atoms with Crippen molar-refractivity contribution in [2.45, 2.75) is 332 Å². The van der Waals surface area contributed by atoms with Crippen LogP contribution in [0.1, 0.15) is 278 Å². The largest absolute Gasteiger partial charge is 0.399 e. The number of aliphatic hydroxyl groups is 6.